The zero-order valence-electron chi connectivity index (χ0n) is 10.2. The molecule has 0 saturated carbocycles. The summed E-state index contributed by atoms with van der Waals surface area (Å²) in [6.45, 7) is 3.47. The van der Waals surface area contributed by atoms with Crippen LogP contribution in [0.2, 0.25) is 0 Å². The number of rotatable bonds is 5. The van der Waals surface area contributed by atoms with E-state index >= 15 is 0 Å². The quantitative estimate of drug-likeness (QED) is 0.578. The lowest BCUT2D eigenvalue weighted by Gasteiger charge is -2.04. The Bertz CT molecular complexity index is 396. The Morgan fingerprint density at radius 1 is 1.29 bits per heavy atom. The molecule has 0 aliphatic rings. The van der Waals surface area contributed by atoms with Crippen LogP contribution in [0.1, 0.15) is 25.8 Å². The van der Waals surface area contributed by atoms with E-state index in [1.54, 1.807) is 13.8 Å². The van der Waals surface area contributed by atoms with E-state index in [4.69, 9.17) is 0 Å². The van der Waals surface area contributed by atoms with E-state index in [1.807, 2.05) is 30.3 Å². The Morgan fingerprint density at radius 3 is 2.53 bits per heavy atom. The fourth-order valence-electron chi connectivity index (χ4n) is 1.45. The first-order valence-corrected chi connectivity index (χ1v) is 5.71. The molecule has 0 radical (unpaired) electrons. The summed E-state index contributed by atoms with van der Waals surface area (Å²) in [6.07, 6.45) is 1.24. The average Bonchev–Trinajstić information content (AvgIpc) is 2.36. The first-order chi connectivity index (χ1) is 8.15. The molecule has 0 unspecified atom stereocenters. The molecule has 0 bridgehead atoms. The normalized spacial score (nSPS) is 11.9. The van der Waals surface area contributed by atoms with Crippen LogP contribution in [-0.2, 0) is 16.0 Å². The molecule has 92 valence electrons. The van der Waals surface area contributed by atoms with Crippen molar-refractivity contribution in [1.82, 2.24) is 0 Å². The van der Waals surface area contributed by atoms with Gasteiger partial charge in [0.25, 0.3) is 0 Å². The fourth-order valence-corrected chi connectivity index (χ4v) is 1.45. The minimum atomic E-state index is -0.863. The van der Waals surface area contributed by atoms with Gasteiger partial charge < -0.3 is 4.74 Å². The number of ether oxygens (including phenoxy) is 1. The standard InChI is InChI=1S/C14H17FO2/c1-3-17-14(16)13(15)11(2)9-10-12-7-5-4-6-8-12/h4-8H,3,9-10H2,1-2H3. The number of benzene rings is 1. The zero-order valence-corrected chi connectivity index (χ0v) is 10.2. The van der Waals surface area contributed by atoms with Gasteiger partial charge in [-0.2, -0.15) is 4.39 Å². The smallest absolute Gasteiger partial charge is 0.367 e. The van der Waals surface area contributed by atoms with Gasteiger partial charge in [-0.15, -0.1) is 0 Å². The van der Waals surface area contributed by atoms with Crippen LogP contribution in [0.25, 0.3) is 0 Å². The molecule has 0 fully saturated rings. The summed E-state index contributed by atoms with van der Waals surface area (Å²) in [4.78, 5) is 11.1. The number of halogens is 1. The van der Waals surface area contributed by atoms with Crippen molar-refractivity contribution in [1.29, 1.82) is 0 Å². The molecule has 0 aliphatic carbocycles. The Morgan fingerprint density at radius 2 is 1.94 bits per heavy atom. The maximum atomic E-state index is 13.5. The third kappa shape index (κ3) is 4.39. The highest BCUT2D eigenvalue weighted by Gasteiger charge is 2.13. The number of carbonyl (C=O) groups is 1. The van der Waals surface area contributed by atoms with Crippen LogP contribution in [0.4, 0.5) is 4.39 Å². The minimum Gasteiger partial charge on any atom is -0.461 e. The molecule has 1 rings (SSSR count). The van der Waals surface area contributed by atoms with Crippen LogP contribution in [0.3, 0.4) is 0 Å². The van der Waals surface area contributed by atoms with Crippen molar-refractivity contribution in [2.45, 2.75) is 26.7 Å². The number of carbonyl (C=O) groups excluding carboxylic acids is 1. The molecule has 1 aromatic rings. The van der Waals surface area contributed by atoms with Gasteiger partial charge in [-0.1, -0.05) is 30.3 Å². The SMILES string of the molecule is CCOC(=O)C(F)=C(C)CCc1ccccc1. The second-order valence-electron chi connectivity index (χ2n) is 3.80. The summed E-state index contributed by atoms with van der Waals surface area (Å²) in [5.74, 6) is -1.62. The van der Waals surface area contributed by atoms with Crippen molar-refractivity contribution in [2.24, 2.45) is 0 Å². The molecule has 0 aromatic heterocycles. The first-order valence-electron chi connectivity index (χ1n) is 5.71. The molecule has 1 aromatic carbocycles. The number of esters is 1. The highest BCUT2D eigenvalue weighted by Crippen LogP contribution is 2.15. The Balaban J connectivity index is 2.56. The van der Waals surface area contributed by atoms with Crippen molar-refractivity contribution in [2.75, 3.05) is 6.61 Å². The topological polar surface area (TPSA) is 26.3 Å². The molecule has 0 amide bonds. The third-order valence-electron chi connectivity index (χ3n) is 2.46. The summed E-state index contributed by atoms with van der Waals surface area (Å²) in [5, 5.41) is 0. The molecular formula is C14H17FO2. The van der Waals surface area contributed by atoms with Crippen molar-refractivity contribution < 1.29 is 13.9 Å². The summed E-state index contributed by atoms with van der Waals surface area (Å²) in [6, 6.07) is 9.78. The van der Waals surface area contributed by atoms with E-state index in [2.05, 4.69) is 4.74 Å². The zero-order chi connectivity index (χ0) is 12.7. The van der Waals surface area contributed by atoms with Gasteiger partial charge in [-0.05, 0) is 37.8 Å². The summed E-state index contributed by atoms with van der Waals surface area (Å²) < 4.78 is 18.1. The maximum Gasteiger partial charge on any atom is 0.367 e. The van der Waals surface area contributed by atoms with Gasteiger partial charge in [0.1, 0.15) is 0 Å². The maximum absolute atomic E-state index is 13.5. The molecule has 17 heavy (non-hydrogen) atoms. The van der Waals surface area contributed by atoms with E-state index in [0.717, 1.165) is 12.0 Å². The average molecular weight is 236 g/mol. The highest BCUT2D eigenvalue weighted by atomic mass is 19.1. The molecule has 0 aliphatic heterocycles. The molecule has 2 nitrogen and oxygen atoms in total. The largest absolute Gasteiger partial charge is 0.461 e. The monoisotopic (exact) mass is 236 g/mol. The molecule has 0 spiro atoms. The van der Waals surface area contributed by atoms with Gasteiger partial charge in [0.2, 0.25) is 5.83 Å². The van der Waals surface area contributed by atoms with E-state index in [9.17, 15) is 9.18 Å². The van der Waals surface area contributed by atoms with Gasteiger partial charge in [0.15, 0.2) is 0 Å². The second-order valence-corrected chi connectivity index (χ2v) is 3.80. The second kappa shape index (κ2) is 6.84. The van der Waals surface area contributed by atoms with Gasteiger partial charge in [0, 0.05) is 0 Å². The van der Waals surface area contributed by atoms with Gasteiger partial charge in [0.05, 0.1) is 6.61 Å². The predicted octanol–water partition coefficient (Wildman–Crippen LogP) is 3.43. The van der Waals surface area contributed by atoms with Gasteiger partial charge in [-0.3, -0.25) is 0 Å². The van der Waals surface area contributed by atoms with Crippen molar-refractivity contribution >= 4 is 5.97 Å². The van der Waals surface area contributed by atoms with Gasteiger partial charge >= 0.3 is 5.97 Å². The third-order valence-corrected chi connectivity index (χ3v) is 2.46. The molecule has 0 heterocycles. The molecule has 0 atom stereocenters. The van der Waals surface area contributed by atoms with Crippen LogP contribution < -0.4 is 0 Å². The van der Waals surface area contributed by atoms with Crippen LogP contribution in [-0.4, -0.2) is 12.6 Å². The Hall–Kier alpha value is -1.64. The predicted molar refractivity (Wildman–Crippen MR) is 65.2 cm³/mol. The van der Waals surface area contributed by atoms with Crippen LogP contribution >= 0.6 is 0 Å². The first kappa shape index (κ1) is 13.4. The number of allylic oxidation sites excluding steroid dienone is 1. The number of hydrogen-bond donors (Lipinski definition) is 0. The van der Waals surface area contributed by atoms with Gasteiger partial charge in [-0.25, -0.2) is 4.79 Å². The van der Waals surface area contributed by atoms with E-state index in [1.165, 1.54) is 0 Å². The van der Waals surface area contributed by atoms with Crippen molar-refractivity contribution in [3.05, 3.63) is 47.3 Å². The summed E-state index contributed by atoms with van der Waals surface area (Å²) >= 11 is 0. The lowest BCUT2D eigenvalue weighted by atomic mass is 10.1. The summed E-state index contributed by atoms with van der Waals surface area (Å²) in [7, 11) is 0. The molecular weight excluding hydrogens is 219 g/mol. The molecule has 3 heteroatoms. The van der Waals surface area contributed by atoms with Crippen LogP contribution in [0.5, 0.6) is 0 Å². The minimum absolute atomic E-state index is 0.193. The highest BCUT2D eigenvalue weighted by molar-refractivity contribution is 5.86. The van der Waals surface area contributed by atoms with E-state index in [0.29, 0.717) is 12.0 Å². The fraction of sp³-hybridized carbons (Fsp3) is 0.357. The summed E-state index contributed by atoms with van der Waals surface area (Å²) in [5.41, 5.74) is 1.57. The van der Waals surface area contributed by atoms with Crippen molar-refractivity contribution in [3.63, 3.8) is 0 Å². The Kier molecular flexibility index (Phi) is 5.40. The number of aryl methyl sites for hydroxylation is 1. The molecule has 0 saturated heterocycles. The van der Waals surface area contributed by atoms with Crippen LogP contribution in [0, 0.1) is 0 Å². The Labute approximate surface area is 101 Å². The van der Waals surface area contributed by atoms with Crippen molar-refractivity contribution in [3.8, 4) is 0 Å². The van der Waals surface area contributed by atoms with E-state index < -0.39 is 11.8 Å². The van der Waals surface area contributed by atoms with Crippen LogP contribution in [0.15, 0.2) is 41.7 Å². The van der Waals surface area contributed by atoms with E-state index in [-0.39, 0.29) is 6.61 Å². The lowest BCUT2D eigenvalue weighted by Crippen LogP contribution is -2.06. The number of hydrogen-bond acceptors (Lipinski definition) is 2. The molecule has 0 N–H and O–H groups in total. The lowest BCUT2D eigenvalue weighted by molar-refractivity contribution is -0.140.